The van der Waals surface area contributed by atoms with E-state index in [1.807, 2.05) is 25.4 Å². The number of hydrogen-bond donors (Lipinski definition) is 1. The third-order valence-corrected chi connectivity index (χ3v) is 4.31. The van der Waals surface area contributed by atoms with Crippen molar-refractivity contribution in [3.63, 3.8) is 0 Å². The van der Waals surface area contributed by atoms with Crippen LogP contribution in [-0.2, 0) is 18.3 Å². The van der Waals surface area contributed by atoms with Gasteiger partial charge in [0.2, 0.25) is 5.91 Å². The number of aromatic nitrogens is 2. The molecule has 0 radical (unpaired) electrons. The van der Waals surface area contributed by atoms with Crippen LogP contribution in [0.25, 0.3) is 0 Å². The van der Waals surface area contributed by atoms with E-state index in [0.29, 0.717) is 25.8 Å². The molecule has 3 aromatic rings. The minimum atomic E-state index is -0.268. The van der Waals surface area contributed by atoms with Gasteiger partial charge in [-0.25, -0.2) is 4.39 Å². The molecule has 1 N–H and O–H groups in total. The van der Waals surface area contributed by atoms with Crippen molar-refractivity contribution in [2.45, 2.75) is 25.2 Å². The van der Waals surface area contributed by atoms with Crippen LogP contribution in [0.4, 0.5) is 4.39 Å². The first-order valence-corrected chi connectivity index (χ1v) is 8.65. The van der Waals surface area contributed by atoms with Gasteiger partial charge in [0.05, 0.1) is 12.5 Å². The van der Waals surface area contributed by atoms with E-state index >= 15 is 0 Å². The summed E-state index contributed by atoms with van der Waals surface area (Å²) in [5, 5.41) is 7.05. The number of furan rings is 1. The van der Waals surface area contributed by atoms with E-state index in [-0.39, 0.29) is 17.6 Å². The minimum absolute atomic E-state index is 0.00570. The number of nitrogens with one attached hydrogen (secondary N) is 1. The molecule has 2 aromatic heterocycles. The van der Waals surface area contributed by atoms with Gasteiger partial charge in [0.15, 0.2) is 0 Å². The second kappa shape index (κ2) is 8.47. The Morgan fingerprint density at radius 1 is 1.31 bits per heavy atom. The molecule has 0 unspecified atom stereocenters. The molecule has 0 saturated carbocycles. The quantitative estimate of drug-likeness (QED) is 0.673. The van der Waals surface area contributed by atoms with E-state index in [0.717, 1.165) is 16.9 Å². The van der Waals surface area contributed by atoms with Gasteiger partial charge in [-0.15, -0.1) is 0 Å². The third kappa shape index (κ3) is 4.81. The minimum Gasteiger partial charge on any atom is -0.469 e. The van der Waals surface area contributed by atoms with Crippen LogP contribution in [0.5, 0.6) is 0 Å². The fourth-order valence-corrected chi connectivity index (χ4v) is 2.96. The van der Waals surface area contributed by atoms with Gasteiger partial charge in [0, 0.05) is 32.1 Å². The summed E-state index contributed by atoms with van der Waals surface area (Å²) in [5.41, 5.74) is 2.01. The molecule has 0 aliphatic rings. The summed E-state index contributed by atoms with van der Waals surface area (Å²) in [4.78, 5) is 12.1. The first-order chi connectivity index (χ1) is 12.6. The number of carbonyl (C=O) groups is 1. The second-order valence-corrected chi connectivity index (χ2v) is 6.28. The highest BCUT2D eigenvalue weighted by molar-refractivity contribution is 5.76. The number of carbonyl (C=O) groups excluding carboxylic acids is 1. The molecule has 0 aliphatic heterocycles. The highest BCUT2D eigenvalue weighted by atomic mass is 19.1. The number of amides is 1. The SMILES string of the molecule is Cn1cc(CCC(=O)NCC[C@H](c2ccc(F)cc2)c2ccco2)cn1. The Morgan fingerprint density at radius 3 is 2.77 bits per heavy atom. The van der Waals surface area contributed by atoms with Gasteiger partial charge in [-0.3, -0.25) is 9.48 Å². The average molecular weight is 355 g/mol. The summed E-state index contributed by atoms with van der Waals surface area (Å²) in [7, 11) is 1.85. The largest absolute Gasteiger partial charge is 0.469 e. The molecule has 3 rings (SSSR count). The molecule has 1 amide bonds. The maximum atomic E-state index is 13.2. The second-order valence-electron chi connectivity index (χ2n) is 6.28. The molecule has 0 spiro atoms. The van der Waals surface area contributed by atoms with E-state index in [4.69, 9.17) is 4.42 Å². The van der Waals surface area contributed by atoms with E-state index in [1.165, 1.54) is 12.1 Å². The highest BCUT2D eigenvalue weighted by Gasteiger charge is 2.17. The summed E-state index contributed by atoms with van der Waals surface area (Å²) >= 11 is 0. The van der Waals surface area contributed by atoms with Crippen molar-refractivity contribution < 1.29 is 13.6 Å². The fraction of sp³-hybridized carbons (Fsp3) is 0.300. The first kappa shape index (κ1) is 17.9. The average Bonchev–Trinajstić information content (AvgIpc) is 3.30. The molecule has 1 atom stereocenters. The maximum absolute atomic E-state index is 13.2. The number of rotatable bonds is 8. The standard InChI is InChI=1S/C20H22FN3O2/c1-24-14-15(13-23-24)4-9-20(25)22-11-10-18(19-3-2-12-26-19)16-5-7-17(21)8-6-16/h2-3,5-8,12-14,18H,4,9-11H2,1H3,(H,22,25)/t18-/m1/s1. The van der Waals surface area contributed by atoms with Crippen LogP contribution in [0, 0.1) is 5.82 Å². The lowest BCUT2D eigenvalue weighted by molar-refractivity contribution is -0.121. The van der Waals surface area contributed by atoms with Gasteiger partial charge in [-0.1, -0.05) is 12.1 Å². The van der Waals surface area contributed by atoms with Crippen molar-refractivity contribution in [2.75, 3.05) is 6.54 Å². The number of halogens is 1. The lowest BCUT2D eigenvalue weighted by Crippen LogP contribution is -2.26. The smallest absolute Gasteiger partial charge is 0.220 e. The first-order valence-electron chi connectivity index (χ1n) is 8.65. The van der Waals surface area contributed by atoms with Crippen LogP contribution in [-0.4, -0.2) is 22.2 Å². The predicted octanol–water partition coefficient (Wildman–Crippen LogP) is 3.42. The molecule has 0 aliphatic carbocycles. The normalized spacial score (nSPS) is 12.1. The Labute approximate surface area is 151 Å². The lowest BCUT2D eigenvalue weighted by Gasteiger charge is -2.15. The lowest BCUT2D eigenvalue weighted by atomic mass is 9.93. The molecular formula is C20H22FN3O2. The Balaban J connectivity index is 1.53. The zero-order valence-electron chi connectivity index (χ0n) is 14.7. The molecule has 26 heavy (non-hydrogen) atoms. The number of benzene rings is 1. The Hall–Kier alpha value is -2.89. The Morgan fingerprint density at radius 2 is 2.12 bits per heavy atom. The fourth-order valence-electron chi connectivity index (χ4n) is 2.96. The summed E-state index contributed by atoms with van der Waals surface area (Å²) < 4.78 is 20.4. The summed E-state index contributed by atoms with van der Waals surface area (Å²) in [5.74, 6) is 0.521. The van der Waals surface area contributed by atoms with E-state index in [2.05, 4.69) is 10.4 Å². The molecule has 2 heterocycles. The van der Waals surface area contributed by atoms with Gasteiger partial charge < -0.3 is 9.73 Å². The predicted molar refractivity (Wildman–Crippen MR) is 96.1 cm³/mol. The Kier molecular flexibility index (Phi) is 5.84. The zero-order valence-corrected chi connectivity index (χ0v) is 14.7. The number of nitrogens with zero attached hydrogens (tertiary/aromatic N) is 2. The van der Waals surface area contributed by atoms with Crippen LogP contribution in [0.1, 0.15) is 35.6 Å². The van der Waals surface area contributed by atoms with Crippen LogP contribution < -0.4 is 5.32 Å². The number of hydrogen-bond acceptors (Lipinski definition) is 3. The van der Waals surface area contributed by atoms with Gasteiger partial charge in [-0.2, -0.15) is 5.10 Å². The van der Waals surface area contributed by atoms with Crippen molar-refractivity contribution in [1.29, 1.82) is 0 Å². The summed E-state index contributed by atoms with van der Waals surface area (Å²) in [6.07, 6.45) is 7.08. The maximum Gasteiger partial charge on any atom is 0.220 e. The molecule has 0 bridgehead atoms. The van der Waals surface area contributed by atoms with E-state index < -0.39 is 0 Å². The van der Waals surface area contributed by atoms with E-state index in [1.54, 1.807) is 29.3 Å². The molecule has 136 valence electrons. The van der Waals surface area contributed by atoms with Crippen molar-refractivity contribution in [2.24, 2.45) is 7.05 Å². The third-order valence-electron chi connectivity index (χ3n) is 4.31. The van der Waals surface area contributed by atoms with Crippen LogP contribution >= 0.6 is 0 Å². The zero-order chi connectivity index (χ0) is 18.4. The molecular weight excluding hydrogens is 333 g/mol. The monoisotopic (exact) mass is 355 g/mol. The molecule has 0 saturated heterocycles. The van der Waals surface area contributed by atoms with E-state index in [9.17, 15) is 9.18 Å². The van der Waals surface area contributed by atoms with Gasteiger partial charge >= 0.3 is 0 Å². The molecule has 0 fully saturated rings. The number of aryl methyl sites for hydroxylation is 2. The van der Waals surface area contributed by atoms with Gasteiger partial charge in [0.1, 0.15) is 11.6 Å². The topological polar surface area (TPSA) is 60.1 Å². The van der Waals surface area contributed by atoms with Crippen molar-refractivity contribution in [1.82, 2.24) is 15.1 Å². The summed E-state index contributed by atoms with van der Waals surface area (Å²) in [6.45, 7) is 0.522. The molecule has 6 heteroatoms. The van der Waals surface area contributed by atoms with Gasteiger partial charge in [-0.05, 0) is 48.2 Å². The van der Waals surface area contributed by atoms with Crippen LogP contribution in [0.3, 0.4) is 0 Å². The van der Waals surface area contributed by atoms with Gasteiger partial charge in [0.25, 0.3) is 0 Å². The summed E-state index contributed by atoms with van der Waals surface area (Å²) in [6, 6.07) is 10.1. The van der Waals surface area contributed by atoms with Crippen LogP contribution in [0.15, 0.2) is 59.5 Å². The van der Waals surface area contributed by atoms with Crippen LogP contribution in [0.2, 0.25) is 0 Å². The molecule has 1 aromatic carbocycles. The van der Waals surface area contributed by atoms with Crippen molar-refractivity contribution in [3.05, 3.63) is 77.8 Å². The van der Waals surface area contributed by atoms with Crippen molar-refractivity contribution >= 4 is 5.91 Å². The molecule has 5 nitrogen and oxygen atoms in total. The highest BCUT2D eigenvalue weighted by Crippen LogP contribution is 2.28. The van der Waals surface area contributed by atoms with Crippen molar-refractivity contribution in [3.8, 4) is 0 Å². The Bertz CT molecular complexity index is 825.